The van der Waals surface area contributed by atoms with Crippen molar-refractivity contribution in [3.63, 3.8) is 0 Å². The monoisotopic (exact) mass is 277 g/mol. The van der Waals surface area contributed by atoms with Crippen LogP contribution in [0.15, 0.2) is 84.9 Å². The molecule has 3 aromatic carbocycles. The summed E-state index contributed by atoms with van der Waals surface area (Å²) in [6.07, 6.45) is 0. The van der Waals surface area contributed by atoms with Crippen molar-refractivity contribution in [3.05, 3.63) is 84.9 Å². The minimum Gasteiger partial charge on any atom is -0.499 e. The Bertz CT molecular complexity index is 636. The molecule has 0 heterocycles. The number of hydrogen-bond donors (Lipinski definition) is 0. The Morgan fingerprint density at radius 3 is 1.43 bits per heavy atom. The highest BCUT2D eigenvalue weighted by Crippen LogP contribution is 2.38. The van der Waals surface area contributed by atoms with E-state index >= 15 is 0 Å². The summed E-state index contributed by atoms with van der Waals surface area (Å²) in [5, 5.41) is 0. The molecule has 0 spiro atoms. The fourth-order valence-corrected chi connectivity index (χ4v) is 2.23. The highest BCUT2D eigenvalue weighted by Gasteiger charge is 2.18. The van der Waals surface area contributed by atoms with E-state index in [9.17, 15) is 0 Å². The standard InChI is InChI=1S/C19H17O2/c1-20-16-12-14-19(15-13-16)21(17-8-4-2-5-9-17)18-10-6-3-7-11-18/h2-15H,1H3/q+1. The first-order valence-electron chi connectivity index (χ1n) is 6.87. The molecule has 2 heteroatoms. The van der Waals surface area contributed by atoms with Crippen molar-refractivity contribution < 1.29 is 9.10 Å². The van der Waals surface area contributed by atoms with Crippen LogP contribution in [-0.4, -0.2) is 7.11 Å². The molecule has 0 amide bonds. The number of para-hydroxylation sites is 2. The molecule has 0 unspecified atom stereocenters. The second-order valence-corrected chi connectivity index (χ2v) is 4.61. The summed E-state index contributed by atoms with van der Waals surface area (Å²) in [5.41, 5.74) is 0. The molecule has 0 N–H and O–H groups in total. The lowest BCUT2D eigenvalue weighted by Crippen LogP contribution is -2.05. The third kappa shape index (κ3) is 2.90. The van der Waals surface area contributed by atoms with Crippen LogP contribution in [-0.2, 0) is 0 Å². The van der Waals surface area contributed by atoms with Gasteiger partial charge in [-0.05, 0) is 12.1 Å². The number of ether oxygens (including phenoxy) is 1. The average Bonchev–Trinajstić information content (AvgIpc) is 2.58. The normalized spacial score (nSPS) is 10.1. The van der Waals surface area contributed by atoms with E-state index in [4.69, 9.17) is 4.74 Å². The van der Waals surface area contributed by atoms with E-state index in [1.54, 1.807) is 7.11 Å². The number of rotatable bonds is 4. The summed E-state index contributed by atoms with van der Waals surface area (Å²) in [6, 6.07) is 28.4. The van der Waals surface area contributed by atoms with Gasteiger partial charge in [0.25, 0.3) is 17.2 Å². The zero-order valence-corrected chi connectivity index (χ0v) is 11.9. The van der Waals surface area contributed by atoms with E-state index in [2.05, 4.69) is 28.6 Å². The predicted molar refractivity (Wildman–Crippen MR) is 85.4 cm³/mol. The zero-order valence-electron chi connectivity index (χ0n) is 11.9. The molecule has 2 nitrogen and oxygen atoms in total. The Morgan fingerprint density at radius 1 is 0.571 bits per heavy atom. The van der Waals surface area contributed by atoms with Crippen molar-refractivity contribution in [1.29, 1.82) is 0 Å². The van der Waals surface area contributed by atoms with Crippen LogP contribution in [0, 0.1) is 0 Å². The van der Waals surface area contributed by atoms with Gasteiger partial charge in [-0.15, -0.1) is 0 Å². The van der Waals surface area contributed by atoms with Crippen molar-refractivity contribution in [1.82, 2.24) is 0 Å². The maximum absolute atomic E-state index is 5.23. The lowest BCUT2D eigenvalue weighted by atomic mass is 10.2. The number of benzene rings is 3. The Morgan fingerprint density at radius 2 is 1.00 bits per heavy atom. The van der Waals surface area contributed by atoms with E-state index in [0.717, 1.165) is 23.0 Å². The summed E-state index contributed by atoms with van der Waals surface area (Å²) in [4.78, 5) is 0. The molecule has 3 aromatic rings. The van der Waals surface area contributed by atoms with Gasteiger partial charge in [-0.3, -0.25) is 0 Å². The number of hydrogen-bond acceptors (Lipinski definition) is 1. The molecule has 0 aliphatic rings. The van der Waals surface area contributed by atoms with E-state index in [1.807, 2.05) is 60.7 Å². The molecule has 104 valence electrons. The first-order chi connectivity index (χ1) is 10.4. The lowest BCUT2D eigenvalue weighted by molar-refractivity contribution is 0.232. The van der Waals surface area contributed by atoms with E-state index in [0.29, 0.717) is 0 Å². The van der Waals surface area contributed by atoms with Gasteiger partial charge in [-0.25, -0.2) is 0 Å². The largest absolute Gasteiger partial charge is 0.499 e. The van der Waals surface area contributed by atoms with Gasteiger partial charge >= 0.3 is 0 Å². The molecule has 0 aromatic heterocycles. The molecule has 0 bridgehead atoms. The second-order valence-electron chi connectivity index (χ2n) is 4.61. The molecule has 0 saturated heterocycles. The van der Waals surface area contributed by atoms with Crippen LogP contribution < -0.4 is 9.10 Å². The van der Waals surface area contributed by atoms with Gasteiger partial charge in [-0.2, -0.15) is 0 Å². The summed E-state index contributed by atoms with van der Waals surface area (Å²) < 4.78 is 8.44. The molecule has 3 rings (SSSR count). The highest BCUT2D eigenvalue weighted by atomic mass is 16.7. The predicted octanol–water partition coefficient (Wildman–Crippen LogP) is 5.44. The van der Waals surface area contributed by atoms with Gasteiger partial charge in [0.2, 0.25) is 0 Å². The minimum absolute atomic E-state index is 0.848. The Kier molecular flexibility index (Phi) is 3.88. The SMILES string of the molecule is COc1ccc([O+](c2ccccc2)c2ccccc2)cc1. The Labute approximate surface area is 124 Å². The van der Waals surface area contributed by atoms with Gasteiger partial charge < -0.3 is 9.10 Å². The molecule has 0 fully saturated rings. The Balaban J connectivity index is 2.07. The quantitative estimate of drug-likeness (QED) is 0.578. The van der Waals surface area contributed by atoms with Gasteiger partial charge in [-0.1, -0.05) is 36.4 Å². The second kappa shape index (κ2) is 6.14. The van der Waals surface area contributed by atoms with Crippen molar-refractivity contribution in [2.45, 2.75) is 0 Å². The van der Waals surface area contributed by atoms with E-state index in [-0.39, 0.29) is 0 Å². The van der Waals surface area contributed by atoms with Crippen LogP contribution in [0.4, 0.5) is 0 Å². The maximum Gasteiger partial charge on any atom is 0.267 e. The average molecular weight is 277 g/mol. The maximum atomic E-state index is 5.23. The van der Waals surface area contributed by atoms with Crippen molar-refractivity contribution >= 4 is 0 Å². The van der Waals surface area contributed by atoms with Crippen LogP contribution in [0.25, 0.3) is 0 Å². The van der Waals surface area contributed by atoms with Crippen LogP contribution >= 0.6 is 0 Å². The molecule has 0 saturated carbocycles. The highest BCUT2D eigenvalue weighted by molar-refractivity contribution is 5.44. The zero-order chi connectivity index (χ0) is 14.5. The molecular weight excluding hydrogens is 260 g/mol. The van der Waals surface area contributed by atoms with Crippen LogP contribution in [0.5, 0.6) is 23.0 Å². The number of methoxy groups -OCH3 is 1. The fraction of sp³-hybridized carbons (Fsp3) is 0.0526. The molecule has 0 radical (unpaired) electrons. The van der Waals surface area contributed by atoms with Gasteiger partial charge in [0.05, 0.1) is 7.11 Å². The van der Waals surface area contributed by atoms with Gasteiger partial charge in [0.15, 0.2) is 0 Å². The Hall–Kier alpha value is -2.74. The van der Waals surface area contributed by atoms with E-state index < -0.39 is 0 Å². The lowest BCUT2D eigenvalue weighted by Gasteiger charge is -2.22. The first kappa shape index (κ1) is 13.3. The summed E-state index contributed by atoms with van der Waals surface area (Å²) in [7, 11) is 1.67. The molecule has 0 atom stereocenters. The van der Waals surface area contributed by atoms with Crippen molar-refractivity contribution in [2.24, 2.45) is 0 Å². The smallest absolute Gasteiger partial charge is 0.267 e. The summed E-state index contributed by atoms with van der Waals surface area (Å²) >= 11 is 0. The molecule has 0 aliphatic carbocycles. The first-order valence-corrected chi connectivity index (χ1v) is 6.87. The topological polar surface area (TPSA) is 11.9 Å². The van der Waals surface area contributed by atoms with Crippen LogP contribution in [0.3, 0.4) is 0 Å². The van der Waals surface area contributed by atoms with Crippen molar-refractivity contribution in [3.8, 4) is 23.0 Å². The summed E-state index contributed by atoms with van der Waals surface area (Å²) in [6.45, 7) is 0. The van der Waals surface area contributed by atoms with Crippen molar-refractivity contribution in [2.75, 3.05) is 7.11 Å². The van der Waals surface area contributed by atoms with Crippen LogP contribution in [0.1, 0.15) is 0 Å². The minimum atomic E-state index is 0.848. The molecule has 0 aliphatic heterocycles. The fourth-order valence-electron chi connectivity index (χ4n) is 2.23. The third-order valence-corrected chi connectivity index (χ3v) is 3.25. The van der Waals surface area contributed by atoms with E-state index in [1.165, 1.54) is 0 Å². The summed E-state index contributed by atoms with van der Waals surface area (Å²) in [5.74, 6) is 3.97. The third-order valence-electron chi connectivity index (χ3n) is 3.25. The molecule has 21 heavy (non-hydrogen) atoms. The molecular formula is C19H17O2+. The van der Waals surface area contributed by atoms with Crippen LogP contribution in [0.2, 0.25) is 0 Å². The van der Waals surface area contributed by atoms with Gasteiger partial charge in [0.1, 0.15) is 5.75 Å². The van der Waals surface area contributed by atoms with Gasteiger partial charge in [0, 0.05) is 36.4 Å².